The summed E-state index contributed by atoms with van der Waals surface area (Å²) in [6, 6.07) is 0.706. The van der Waals surface area contributed by atoms with Gasteiger partial charge >= 0.3 is 5.97 Å². The Bertz CT molecular complexity index is 341. The fourth-order valence-corrected chi connectivity index (χ4v) is 3.58. The van der Waals surface area contributed by atoms with Crippen LogP contribution in [0.3, 0.4) is 0 Å². The smallest absolute Gasteiger partial charge is 0.325 e. The Kier molecular flexibility index (Phi) is 5.08. The maximum absolute atomic E-state index is 12.0. The van der Waals surface area contributed by atoms with E-state index >= 15 is 0 Å². The van der Waals surface area contributed by atoms with Gasteiger partial charge in [-0.15, -0.1) is 0 Å². The Morgan fingerprint density at radius 3 is 2.55 bits per heavy atom. The average molecular weight is 282 g/mol. The summed E-state index contributed by atoms with van der Waals surface area (Å²) in [5.41, 5.74) is -0.743. The van der Waals surface area contributed by atoms with E-state index in [9.17, 15) is 9.90 Å². The van der Waals surface area contributed by atoms with Crippen molar-refractivity contribution in [2.45, 2.75) is 76.9 Å². The van der Waals surface area contributed by atoms with Crippen LogP contribution in [0.15, 0.2) is 0 Å². The minimum atomic E-state index is -0.743. The Labute approximate surface area is 122 Å². The van der Waals surface area contributed by atoms with Gasteiger partial charge in [0.1, 0.15) is 5.54 Å². The number of rotatable bonds is 6. The summed E-state index contributed by atoms with van der Waals surface area (Å²) in [7, 11) is 0. The number of carboxylic acids is 1. The third kappa shape index (κ3) is 3.53. The summed E-state index contributed by atoms with van der Waals surface area (Å²) >= 11 is 0. The van der Waals surface area contributed by atoms with Crippen LogP contribution in [0.5, 0.6) is 0 Å². The molecule has 20 heavy (non-hydrogen) atoms. The number of carboxylic acid groups (broad SMARTS) is 1. The zero-order valence-corrected chi connectivity index (χ0v) is 13.2. The van der Waals surface area contributed by atoms with Crippen molar-refractivity contribution < 1.29 is 9.90 Å². The zero-order chi connectivity index (χ0) is 14.8. The number of nitrogens with one attached hydrogen (secondary N) is 1. The van der Waals surface area contributed by atoms with Crippen LogP contribution in [0, 0.1) is 5.92 Å². The predicted octanol–water partition coefficient (Wildman–Crippen LogP) is 2.48. The molecule has 2 aliphatic rings. The van der Waals surface area contributed by atoms with E-state index in [2.05, 4.69) is 17.1 Å². The van der Waals surface area contributed by atoms with Crippen LogP contribution in [0.1, 0.15) is 59.3 Å². The van der Waals surface area contributed by atoms with Gasteiger partial charge < -0.3 is 5.11 Å². The van der Waals surface area contributed by atoms with E-state index in [1.165, 1.54) is 25.7 Å². The molecule has 1 saturated carbocycles. The van der Waals surface area contributed by atoms with Crippen LogP contribution in [0.25, 0.3) is 0 Å². The summed E-state index contributed by atoms with van der Waals surface area (Å²) in [6.45, 7) is 8.05. The maximum atomic E-state index is 12.0. The highest BCUT2D eigenvalue weighted by Crippen LogP contribution is 2.41. The quantitative estimate of drug-likeness (QED) is 0.786. The van der Waals surface area contributed by atoms with Crippen LogP contribution < -0.4 is 5.32 Å². The van der Waals surface area contributed by atoms with Gasteiger partial charge in [-0.3, -0.25) is 15.0 Å². The highest BCUT2D eigenvalue weighted by Gasteiger charge is 2.52. The molecule has 1 heterocycles. The molecule has 4 nitrogen and oxygen atoms in total. The molecule has 0 radical (unpaired) electrons. The van der Waals surface area contributed by atoms with Crippen molar-refractivity contribution in [1.29, 1.82) is 0 Å². The molecule has 116 valence electrons. The Balaban J connectivity index is 2.15. The van der Waals surface area contributed by atoms with Crippen molar-refractivity contribution in [3.63, 3.8) is 0 Å². The second-order valence-corrected chi connectivity index (χ2v) is 7.02. The van der Waals surface area contributed by atoms with E-state index in [0.717, 1.165) is 19.4 Å². The maximum Gasteiger partial charge on any atom is 0.325 e. The van der Waals surface area contributed by atoms with Gasteiger partial charge in [-0.1, -0.05) is 12.8 Å². The van der Waals surface area contributed by atoms with Crippen LogP contribution >= 0.6 is 0 Å². The van der Waals surface area contributed by atoms with Crippen LogP contribution in [0.2, 0.25) is 0 Å². The standard InChI is InChI=1S/C16H30N2O2/c1-12(2)17-16(15(19)20,14-8-9-14)11-18-10-6-4-5-7-13(18)3/h12-14,17H,4-11H2,1-3H3,(H,19,20). The first-order valence-corrected chi connectivity index (χ1v) is 8.21. The van der Waals surface area contributed by atoms with E-state index in [4.69, 9.17) is 0 Å². The van der Waals surface area contributed by atoms with E-state index in [1.54, 1.807) is 0 Å². The van der Waals surface area contributed by atoms with Crippen molar-refractivity contribution in [3.05, 3.63) is 0 Å². The number of hydrogen-bond acceptors (Lipinski definition) is 3. The summed E-state index contributed by atoms with van der Waals surface area (Å²) in [5, 5.41) is 13.3. The highest BCUT2D eigenvalue weighted by atomic mass is 16.4. The SMILES string of the molecule is CC(C)NC(CN1CCCCCC1C)(C(=O)O)C1CC1. The molecule has 0 spiro atoms. The monoisotopic (exact) mass is 282 g/mol. The lowest BCUT2D eigenvalue weighted by atomic mass is 9.90. The average Bonchev–Trinajstić information content (AvgIpc) is 3.17. The molecule has 2 unspecified atom stereocenters. The molecule has 0 amide bonds. The molecule has 1 saturated heterocycles. The molecule has 1 aliphatic heterocycles. The zero-order valence-electron chi connectivity index (χ0n) is 13.2. The van der Waals surface area contributed by atoms with Crippen LogP contribution in [-0.4, -0.2) is 46.7 Å². The Morgan fingerprint density at radius 2 is 2.00 bits per heavy atom. The molecule has 2 fully saturated rings. The molecule has 0 aromatic rings. The molecule has 2 atom stereocenters. The van der Waals surface area contributed by atoms with E-state index < -0.39 is 11.5 Å². The van der Waals surface area contributed by atoms with Crippen LogP contribution in [-0.2, 0) is 4.79 Å². The third-order valence-electron chi connectivity index (χ3n) is 4.85. The van der Waals surface area contributed by atoms with Gasteiger partial charge in [-0.05, 0) is 58.9 Å². The van der Waals surface area contributed by atoms with Gasteiger partial charge in [0, 0.05) is 18.6 Å². The molecule has 0 bridgehead atoms. The first kappa shape index (κ1) is 15.8. The van der Waals surface area contributed by atoms with Gasteiger partial charge in [0.05, 0.1) is 0 Å². The predicted molar refractivity (Wildman–Crippen MR) is 80.9 cm³/mol. The van der Waals surface area contributed by atoms with Crippen molar-refractivity contribution in [2.24, 2.45) is 5.92 Å². The summed E-state index contributed by atoms with van der Waals surface area (Å²) in [4.78, 5) is 14.4. The lowest BCUT2D eigenvalue weighted by Gasteiger charge is -2.39. The molecular formula is C16H30N2O2. The largest absolute Gasteiger partial charge is 0.480 e. The van der Waals surface area contributed by atoms with Gasteiger partial charge in [-0.25, -0.2) is 0 Å². The van der Waals surface area contributed by atoms with Crippen molar-refractivity contribution in [2.75, 3.05) is 13.1 Å². The first-order valence-electron chi connectivity index (χ1n) is 8.21. The van der Waals surface area contributed by atoms with E-state index in [1.807, 2.05) is 13.8 Å². The van der Waals surface area contributed by atoms with Gasteiger partial charge in [0.25, 0.3) is 0 Å². The minimum absolute atomic E-state index is 0.203. The van der Waals surface area contributed by atoms with Gasteiger partial charge in [0.15, 0.2) is 0 Å². The molecular weight excluding hydrogens is 252 g/mol. The second-order valence-electron chi connectivity index (χ2n) is 7.02. The lowest BCUT2D eigenvalue weighted by molar-refractivity contribution is -0.147. The third-order valence-corrected chi connectivity index (χ3v) is 4.85. The minimum Gasteiger partial charge on any atom is -0.480 e. The van der Waals surface area contributed by atoms with Crippen molar-refractivity contribution >= 4 is 5.97 Å². The van der Waals surface area contributed by atoms with Crippen molar-refractivity contribution in [1.82, 2.24) is 10.2 Å². The topological polar surface area (TPSA) is 52.6 Å². The first-order chi connectivity index (χ1) is 9.45. The summed E-state index contributed by atoms with van der Waals surface area (Å²) in [6.07, 6.45) is 7.05. The molecule has 0 aromatic heterocycles. The number of likely N-dealkylation sites (tertiary alicyclic amines) is 1. The van der Waals surface area contributed by atoms with E-state index in [0.29, 0.717) is 18.5 Å². The molecule has 2 N–H and O–H groups in total. The Hall–Kier alpha value is -0.610. The fourth-order valence-electron chi connectivity index (χ4n) is 3.58. The molecule has 1 aliphatic carbocycles. The second kappa shape index (κ2) is 6.44. The van der Waals surface area contributed by atoms with Gasteiger partial charge in [0.2, 0.25) is 0 Å². The molecule has 4 heteroatoms. The number of carbonyl (C=O) groups is 1. The van der Waals surface area contributed by atoms with Gasteiger partial charge in [-0.2, -0.15) is 0 Å². The fraction of sp³-hybridized carbons (Fsp3) is 0.938. The summed E-state index contributed by atoms with van der Waals surface area (Å²) < 4.78 is 0. The lowest BCUT2D eigenvalue weighted by Crippen LogP contribution is -2.63. The number of hydrogen-bond donors (Lipinski definition) is 2. The highest BCUT2D eigenvalue weighted by molar-refractivity contribution is 5.80. The van der Waals surface area contributed by atoms with Crippen LogP contribution in [0.4, 0.5) is 0 Å². The normalized spacial score (nSPS) is 28.1. The number of aliphatic carboxylic acids is 1. The Morgan fingerprint density at radius 1 is 1.30 bits per heavy atom. The molecule has 0 aromatic carbocycles. The molecule has 2 rings (SSSR count). The van der Waals surface area contributed by atoms with Crippen molar-refractivity contribution in [3.8, 4) is 0 Å². The summed E-state index contributed by atoms with van der Waals surface area (Å²) in [5.74, 6) is -0.358. The van der Waals surface area contributed by atoms with E-state index in [-0.39, 0.29) is 6.04 Å². The number of nitrogens with zero attached hydrogens (tertiary/aromatic N) is 1.